The molecule has 1 fully saturated rings. The van der Waals surface area contributed by atoms with Gasteiger partial charge < -0.3 is 46.6 Å². The van der Waals surface area contributed by atoms with Gasteiger partial charge in [0.2, 0.25) is 11.8 Å². The van der Waals surface area contributed by atoms with Crippen LogP contribution in [0, 0.1) is 0 Å². The Morgan fingerprint density at radius 3 is 2.07 bits per heavy atom. The molecule has 0 bridgehead atoms. The maximum absolute atomic E-state index is 14.6. The number of amides is 2. The van der Waals surface area contributed by atoms with Crippen LogP contribution in [0.3, 0.4) is 0 Å². The minimum atomic E-state index is -3.96. The number of hydrogen-bond donors (Lipinski definition) is 8. The summed E-state index contributed by atoms with van der Waals surface area (Å²) in [6.07, 6.45) is -11.4. The number of aliphatic carboxylic acids is 1. The molecule has 1 rings (SSSR count). The zero-order chi connectivity index (χ0) is 23.4. The lowest BCUT2D eigenvalue weighted by Crippen LogP contribution is -2.64. The second-order valence-electron chi connectivity index (χ2n) is 7.12. The fourth-order valence-corrected chi connectivity index (χ4v) is 2.74. The van der Waals surface area contributed by atoms with Crippen molar-refractivity contribution in [3.8, 4) is 0 Å². The number of hydrogen-bond acceptors (Lipinski definition) is 9. The van der Waals surface area contributed by atoms with Crippen molar-refractivity contribution in [3.05, 3.63) is 0 Å². The van der Waals surface area contributed by atoms with Crippen LogP contribution in [0.4, 0.5) is 8.78 Å². The fraction of sp³-hybridized carbons (Fsp3) is 0.812. The minimum Gasteiger partial charge on any atom is -0.480 e. The van der Waals surface area contributed by atoms with Gasteiger partial charge in [0.1, 0.15) is 42.6 Å². The van der Waals surface area contributed by atoms with Crippen LogP contribution in [0.5, 0.6) is 0 Å². The van der Waals surface area contributed by atoms with Gasteiger partial charge in [-0.15, -0.1) is 0 Å². The van der Waals surface area contributed by atoms with E-state index >= 15 is 0 Å². The maximum atomic E-state index is 14.6. The van der Waals surface area contributed by atoms with E-state index in [9.17, 15) is 38.5 Å². The van der Waals surface area contributed by atoms with Crippen molar-refractivity contribution >= 4 is 17.8 Å². The van der Waals surface area contributed by atoms with Gasteiger partial charge >= 0.3 is 5.97 Å². The first-order valence-electron chi connectivity index (χ1n) is 9.00. The van der Waals surface area contributed by atoms with Crippen LogP contribution in [0.25, 0.3) is 0 Å². The Morgan fingerprint density at radius 1 is 1.03 bits per heavy atom. The number of alkyl halides is 2. The molecule has 0 aromatic heterocycles. The average molecular weight is 443 g/mol. The van der Waals surface area contributed by atoms with E-state index in [0.29, 0.717) is 0 Å². The van der Waals surface area contributed by atoms with E-state index in [1.54, 1.807) is 0 Å². The molecule has 14 heteroatoms. The molecule has 1 aliphatic heterocycles. The van der Waals surface area contributed by atoms with Gasteiger partial charge in [0.15, 0.2) is 0 Å². The summed E-state index contributed by atoms with van der Waals surface area (Å²) in [5.74, 6) is -7.33. The van der Waals surface area contributed by atoms with Crippen LogP contribution in [-0.2, 0) is 19.1 Å². The molecule has 0 aromatic rings. The lowest BCUT2D eigenvalue weighted by atomic mass is 9.89. The number of rotatable bonds is 9. The van der Waals surface area contributed by atoms with E-state index in [2.05, 4.69) is 10.6 Å². The Bertz CT molecular complexity index is 637. The second-order valence-corrected chi connectivity index (χ2v) is 7.12. The minimum absolute atomic E-state index is 0.883. The molecule has 0 aliphatic carbocycles. The summed E-state index contributed by atoms with van der Waals surface area (Å²) in [5.41, 5.74) is 5.47. The third-order valence-corrected chi connectivity index (χ3v) is 4.62. The predicted molar refractivity (Wildman–Crippen MR) is 94.2 cm³/mol. The van der Waals surface area contributed by atoms with Gasteiger partial charge in [0.25, 0.3) is 5.92 Å². The fourth-order valence-electron chi connectivity index (χ4n) is 2.74. The van der Waals surface area contributed by atoms with Gasteiger partial charge in [-0.05, 0) is 13.8 Å². The molecule has 9 N–H and O–H groups in total. The Labute approximate surface area is 170 Å². The number of nitrogens with one attached hydrogen (secondary N) is 2. The summed E-state index contributed by atoms with van der Waals surface area (Å²) >= 11 is 0. The first-order valence-corrected chi connectivity index (χ1v) is 9.00. The molecule has 174 valence electrons. The predicted octanol–water partition coefficient (Wildman–Crippen LogP) is -3.72. The molecule has 8 atom stereocenters. The van der Waals surface area contributed by atoms with Crippen molar-refractivity contribution in [3.63, 3.8) is 0 Å². The van der Waals surface area contributed by atoms with Crippen LogP contribution in [0.1, 0.15) is 20.3 Å². The summed E-state index contributed by atoms with van der Waals surface area (Å²) in [7, 11) is 0. The van der Waals surface area contributed by atoms with Gasteiger partial charge in [0, 0.05) is 6.42 Å². The standard InChI is InChI=1S/C16H27F2N3O9/c1-5(13(26)21-6(2)15(28)29)20-14(27)7(19)3-16(17,18)12-11(25)10(24)9(23)8(4-22)30-12/h5-12,22-25H,3-4,19H2,1-2H3,(H,20,27)(H,21,26)(H,28,29)/t5-,6-,7?,8+,9-,10-,11+,12-/m0/s1. The van der Waals surface area contributed by atoms with Gasteiger partial charge in [-0.2, -0.15) is 0 Å². The van der Waals surface area contributed by atoms with Crippen LogP contribution in [0.15, 0.2) is 0 Å². The molecular formula is C16H27F2N3O9. The highest BCUT2D eigenvalue weighted by atomic mass is 19.3. The normalized spacial score (nSPS) is 30.1. The average Bonchev–Trinajstić information content (AvgIpc) is 2.65. The highest BCUT2D eigenvalue weighted by molar-refractivity contribution is 5.91. The quantitative estimate of drug-likeness (QED) is 0.174. The van der Waals surface area contributed by atoms with E-state index in [4.69, 9.17) is 20.7 Å². The van der Waals surface area contributed by atoms with Crippen molar-refractivity contribution < 1.29 is 53.4 Å². The van der Waals surface area contributed by atoms with Gasteiger partial charge in [-0.3, -0.25) is 14.4 Å². The first-order chi connectivity index (χ1) is 13.7. The first kappa shape index (κ1) is 26.1. The summed E-state index contributed by atoms with van der Waals surface area (Å²) < 4.78 is 33.9. The van der Waals surface area contributed by atoms with Crippen LogP contribution in [0.2, 0.25) is 0 Å². The Balaban J connectivity index is 2.75. The zero-order valence-corrected chi connectivity index (χ0v) is 16.2. The van der Waals surface area contributed by atoms with E-state index < -0.39 is 85.4 Å². The van der Waals surface area contributed by atoms with Gasteiger partial charge in [-0.25, -0.2) is 8.78 Å². The topological polar surface area (TPSA) is 212 Å². The number of carbonyl (C=O) groups is 3. The van der Waals surface area contributed by atoms with Gasteiger partial charge in [0.05, 0.1) is 12.6 Å². The smallest absolute Gasteiger partial charge is 0.325 e. The summed E-state index contributed by atoms with van der Waals surface area (Å²) in [6, 6.07) is -4.41. The van der Waals surface area contributed by atoms with Gasteiger partial charge in [-0.1, -0.05) is 0 Å². The van der Waals surface area contributed by atoms with E-state index in [-0.39, 0.29) is 0 Å². The van der Waals surface area contributed by atoms with Crippen molar-refractivity contribution in [2.75, 3.05) is 6.61 Å². The monoisotopic (exact) mass is 443 g/mol. The third kappa shape index (κ3) is 6.26. The lowest BCUT2D eigenvalue weighted by Gasteiger charge is -2.43. The lowest BCUT2D eigenvalue weighted by molar-refractivity contribution is -0.281. The number of carboxylic acids is 1. The number of carboxylic acid groups (broad SMARTS) is 1. The van der Waals surface area contributed by atoms with Crippen molar-refractivity contribution in [1.82, 2.24) is 10.6 Å². The van der Waals surface area contributed by atoms with E-state index in [1.165, 1.54) is 13.8 Å². The second kappa shape index (κ2) is 10.4. The number of ether oxygens (including phenoxy) is 1. The molecule has 0 spiro atoms. The SMILES string of the molecule is C[C@H](NC(=O)[C@H](C)NC(=O)C(N)CC(F)(F)[C@H]1O[C@H](CO)[C@H](O)[C@H](O)[C@H]1O)C(=O)O. The molecule has 2 amide bonds. The zero-order valence-electron chi connectivity index (χ0n) is 16.2. The largest absolute Gasteiger partial charge is 0.480 e. The molecule has 30 heavy (non-hydrogen) atoms. The number of aliphatic hydroxyl groups excluding tert-OH is 4. The molecule has 0 aromatic carbocycles. The third-order valence-electron chi connectivity index (χ3n) is 4.62. The molecule has 1 heterocycles. The highest BCUT2D eigenvalue weighted by Crippen LogP contribution is 2.35. The number of carbonyl (C=O) groups excluding carboxylic acids is 2. The van der Waals surface area contributed by atoms with Crippen LogP contribution >= 0.6 is 0 Å². The summed E-state index contributed by atoms with van der Waals surface area (Å²) in [6.45, 7) is 1.46. The highest BCUT2D eigenvalue weighted by Gasteiger charge is 2.55. The van der Waals surface area contributed by atoms with Crippen LogP contribution < -0.4 is 16.4 Å². The Hall–Kier alpha value is -1.97. The molecule has 1 unspecified atom stereocenters. The summed E-state index contributed by atoms with van der Waals surface area (Å²) in [4.78, 5) is 34.6. The molecular weight excluding hydrogens is 416 g/mol. The van der Waals surface area contributed by atoms with E-state index in [0.717, 1.165) is 0 Å². The summed E-state index contributed by atoms with van der Waals surface area (Å²) in [5, 5.41) is 51.1. The van der Waals surface area contributed by atoms with Crippen molar-refractivity contribution in [1.29, 1.82) is 0 Å². The number of nitrogens with two attached hydrogens (primary N) is 1. The van der Waals surface area contributed by atoms with Crippen molar-refractivity contribution in [2.45, 2.75) is 74.8 Å². The number of halogens is 2. The molecule has 0 saturated carbocycles. The molecule has 1 saturated heterocycles. The van der Waals surface area contributed by atoms with Crippen molar-refractivity contribution in [2.24, 2.45) is 5.73 Å². The Morgan fingerprint density at radius 2 is 1.57 bits per heavy atom. The molecule has 1 aliphatic rings. The number of aliphatic hydroxyl groups is 4. The molecule has 0 radical (unpaired) electrons. The van der Waals surface area contributed by atoms with Crippen LogP contribution in [-0.4, -0.2) is 104 Å². The van der Waals surface area contributed by atoms with E-state index in [1.807, 2.05) is 0 Å². The maximum Gasteiger partial charge on any atom is 0.325 e. The molecule has 12 nitrogen and oxygen atoms in total. The Kier molecular flexibility index (Phi) is 9.01.